The molecule has 0 saturated carbocycles. The van der Waals surface area contributed by atoms with Crippen LogP contribution >= 0.6 is 0 Å². The molecule has 0 bridgehead atoms. The van der Waals surface area contributed by atoms with Crippen LogP contribution in [0.25, 0.3) is 11.3 Å². The minimum absolute atomic E-state index is 0.396. The lowest BCUT2D eigenvalue weighted by molar-refractivity contribution is 0.859. The summed E-state index contributed by atoms with van der Waals surface area (Å²) < 4.78 is 30.2. The lowest BCUT2D eigenvalue weighted by Gasteiger charge is -2.05. The molecular formula is C14H15N. The molecule has 0 saturated heterocycles. The van der Waals surface area contributed by atoms with Crippen LogP contribution in [0.5, 0.6) is 0 Å². The molecule has 1 nitrogen and oxygen atoms in total. The summed E-state index contributed by atoms with van der Waals surface area (Å²) in [5, 5.41) is 0. The summed E-state index contributed by atoms with van der Waals surface area (Å²) in [6, 6.07) is 13.0. The Morgan fingerprint density at radius 2 is 2.00 bits per heavy atom. The first-order valence-electron chi connectivity index (χ1n) is 6.84. The number of benzene rings is 1. The Balaban J connectivity index is 2.35. The SMILES string of the molecule is [2H]C([2H])([2H])C([2H])(C)c1ccc(-c2ccccc2)nc1. The smallest absolute Gasteiger partial charge is 0.0702 e. The highest BCUT2D eigenvalue weighted by atomic mass is 14.7. The molecule has 0 aliphatic rings. The molecule has 0 amide bonds. The number of hydrogen-bond donors (Lipinski definition) is 0. The molecule has 76 valence electrons. The van der Waals surface area contributed by atoms with E-state index in [1.807, 2.05) is 30.3 Å². The molecule has 1 aromatic carbocycles. The van der Waals surface area contributed by atoms with Crippen molar-refractivity contribution in [1.82, 2.24) is 4.98 Å². The third kappa shape index (κ3) is 2.24. The molecule has 1 atom stereocenters. The van der Waals surface area contributed by atoms with Gasteiger partial charge in [-0.2, -0.15) is 0 Å². The average Bonchev–Trinajstić information content (AvgIpc) is 2.39. The molecule has 0 spiro atoms. The van der Waals surface area contributed by atoms with Crippen molar-refractivity contribution in [3.8, 4) is 11.3 Å². The monoisotopic (exact) mass is 201 g/mol. The minimum atomic E-state index is -2.37. The summed E-state index contributed by atoms with van der Waals surface area (Å²) in [7, 11) is 0. The zero-order valence-electron chi connectivity index (χ0n) is 12.6. The molecule has 0 aliphatic heterocycles. The van der Waals surface area contributed by atoms with Crippen molar-refractivity contribution < 1.29 is 5.48 Å². The van der Waals surface area contributed by atoms with Gasteiger partial charge in [0.1, 0.15) is 0 Å². The van der Waals surface area contributed by atoms with Crippen molar-refractivity contribution in [2.45, 2.75) is 19.7 Å². The van der Waals surface area contributed by atoms with E-state index in [0.29, 0.717) is 5.56 Å². The van der Waals surface area contributed by atoms with E-state index in [-0.39, 0.29) is 0 Å². The molecule has 0 N–H and O–H groups in total. The van der Waals surface area contributed by atoms with Crippen molar-refractivity contribution in [2.75, 3.05) is 0 Å². The van der Waals surface area contributed by atoms with Gasteiger partial charge in [-0.25, -0.2) is 0 Å². The topological polar surface area (TPSA) is 12.9 Å². The van der Waals surface area contributed by atoms with Crippen LogP contribution in [0.3, 0.4) is 0 Å². The molecule has 2 rings (SSSR count). The fourth-order valence-electron chi connectivity index (χ4n) is 1.40. The Kier molecular flexibility index (Phi) is 1.72. The maximum absolute atomic E-state index is 7.99. The van der Waals surface area contributed by atoms with E-state index < -0.39 is 12.7 Å². The summed E-state index contributed by atoms with van der Waals surface area (Å²) in [6.45, 7) is -0.984. The molecule has 0 aliphatic carbocycles. The quantitative estimate of drug-likeness (QED) is 0.718. The Labute approximate surface area is 96.4 Å². The third-order valence-electron chi connectivity index (χ3n) is 2.27. The molecule has 0 fully saturated rings. The number of rotatable bonds is 2. The van der Waals surface area contributed by atoms with Crippen LogP contribution in [0.2, 0.25) is 0 Å². The van der Waals surface area contributed by atoms with E-state index in [9.17, 15) is 0 Å². The summed E-state index contributed by atoms with van der Waals surface area (Å²) in [6.07, 6.45) is 1.47. The number of aromatic nitrogens is 1. The van der Waals surface area contributed by atoms with Gasteiger partial charge < -0.3 is 0 Å². The van der Waals surface area contributed by atoms with Crippen LogP contribution in [0.15, 0.2) is 48.7 Å². The standard InChI is InChI=1S/C14H15N/c1-11(2)13-8-9-14(15-10-13)12-6-4-3-5-7-12/h3-11H,1-2H3/i1D3,11D. The lowest BCUT2D eigenvalue weighted by atomic mass is 10.0. The lowest BCUT2D eigenvalue weighted by Crippen LogP contribution is -1.89. The second kappa shape index (κ2) is 4.26. The molecule has 1 unspecified atom stereocenters. The maximum Gasteiger partial charge on any atom is 0.0702 e. The first kappa shape index (κ1) is 6.06. The van der Waals surface area contributed by atoms with Gasteiger partial charge in [-0.3, -0.25) is 4.98 Å². The van der Waals surface area contributed by atoms with Crippen LogP contribution in [0.1, 0.15) is 30.7 Å². The third-order valence-corrected chi connectivity index (χ3v) is 2.27. The van der Waals surface area contributed by atoms with Gasteiger partial charge in [-0.15, -0.1) is 0 Å². The Hall–Kier alpha value is -1.63. The summed E-state index contributed by atoms with van der Waals surface area (Å²) in [5.74, 6) is -1.64. The van der Waals surface area contributed by atoms with E-state index in [0.717, 1.165) is 11.3 Å². The van der Waals surface area contributed by atoms with Crippen molar-refractivity contribution in [3.63, 3.8) is 0 Å². The van der Waals surface area contributed by atoms with E-state index in [2.05, 4.69) is 4.98 Å². The predicted octanol–water partition coefficient (Wildman–Crippen LogP) is 3.87. The Morgan fingerprint density at radius 1 is 1.20 bits per heavy atom. The average molecular weight is 201 g/mol. The number of pyridine rings is 1. The van der Waals surface area contributed by atoms with Crippen LogP contribution in [-0.4, -0.2) is 4.98 Å². The molecule has 1 heteroatoms. The van der Waals surface area contributed by atoms with Crippen LogP contribution < -0.4 is 0 Å². The Bertz CT molecular complexity index is 544. The second-order valence-electron chi connectivity index (χ2n) is 3.42. The fraction of sp³-hybridized carbons (Fsp3) is 0.214. The van der Waals surface area contributed by atoms with Crippen molar-refractivity contribution in [3.05, 3.63) is 54.2 Å². The first-order chi connectivity index (χ1) is 8.82. The zero-order valence-corrected chi connectivity index (χ0v) is 8.57. The van der Waals surface area contributed by atoms with E-state index in [4.69, 9.17) is 5.48 Å². The van der Waals surface area contributed by atoms with Gasteiger partial charge in [0.05, 0.1) is 5.69 Å². The largest absolute Gasteiger partial charge is 0.256 e. The second-order valence-corrected chi connectivity index (χ2v) is 3.42. The Morgan fingerprint density at radius 3 is 2.60 bits per heavy atom. The van der Waals surface area contributed by atoms with Gasteiger partial charge in [0.2, 0.25) is 0 Å². The van der Waals surface area contributed by atoms with Crippen molar-refractivity contribution in [2.24, 2.45) is 0 Å². The molecule has 1 heterocycles. The summed E-state index contributed by atoms with van der Waals surface area (Å²) >= 11 is 0. The van der Waals surface area contributed by atoms with E-state index >= 15 is 0 Å². The highest BCUT2D eigenvalue weighted by Gasteiger charge is 2.01. The number of hydrogen-bond acceptors (Lipinski definition) is 1. The van der Waals surface area contributed by atoms with Crippen molar-refractivity contribution in [1.29, 1.82) is 0 Å². The highest BCUT2D eigenvalue weighted by molar-refractivity contribution is 5.58. The molecular weight excluding hydrogens is 182 g/mol. The maximum atomic E-state index is 7.99. The summed E-state index contributed by atoms with van der Waals surface area (Å²) in [5.41, 5.74) is 2.13. The molecule has 0 radical (unpaired) electrons. The molecule has 1 aromatic heterocycles. The van der Waals surface area contributed by atoms with E-state index in [1.165, 1.54) is 13.1 Å². The zero-order chi connectivity index (χ0) is 14.1. The fourth-order valence-corrected chi connectivity index (χ4v) is 1.40. The van der Waals surface area contributed by atoms with Gasteiger partial charge in [-0.05, 0) is 17.5 Å². The first-order valence-corrected chi connectivity index (χ1v) is 4.84. The van der Waals surface area contributed by atoms with Crippen LogP contribution in [0.4, 0.5) is 0 Å². The van der Waals surface area contributed by atoms with Crippen LogP contribution in [0, 0.1) is 0 Å². The molecule has 2 aromatic rings. The summed E-state index contributed by atoms with van der Waals surface area (Å²) in [4.78, 5) is 4.26. The minimum Gasteiger partial charge on any atom is -0.256 e. The van der Waals surface area contributed by atoms with Gasteiger partial charge in [-0.1, -0.05) is 50.2 Å². The van der Waals surface area contributed by atoms with Gasteiger partial charge in [0.15, 0.2) is 0 Å². The van der Waals surface area contributed by atoms with Gasteiger partial charge >= 0.3 is 0 Å². The highest BCUT2D eigenvalue weighted by Crippen LogP contribution is 2.19. The van der Waals surface area contributed by atoms with Crippen LogP contribution in [-0.2, 0) is 0 Å². The van der Waals surface area contributed by atoms with Gasteiger partial charge in [0.25, 0.3) is 0 Å². The number of nitrogens with zero attached hydrogens (tertiary/aromatic N) is 1. The normalized spacial score (nSPS) is 19.3. The molecule has 15 heavy (non-hydrogen) atoms. The van der Waals surface area contributed by atoms with Gasteiger partial charge in [0, 0.05) is 17.2 Å². The predicted molar refractivity (Wildman–Crippen MR) is 63.8 cm³/mol. The van der Waals surface area contributed by atoms with Crippen molar-refractivity contribution >= 4 is 0 Å². The van der Waals surface area contributed by atoms with E-state index in [1.54, 1.807) is 12.1 Å².